The number of nitrogens with one attached hydrogen (secondary N) is 1. The van der Waals surface area contributed by atoms with Gasteiger partial charge in [-0.15, -0.1) is 0 Å². The second kappa shape index (κ2) is 6.37. The van der Waals surface area contributed by atoms with E-state index in [0.29, 0.717) is 10.4 Å². The SMILES string of the molecule is O=C(N/N=C\c1ccc([N+](=O)[O-])s1)c1cccc2ccccc12. The third-order valence-electron chi connectivity index (χ3n) is 3.18. The van der Waals surface area contributed by atoms with Crippen LogP contribution in [0, 0.1) is 10.1 Å². The van der Waals surface area contributed by atoms with Crippen molar-refractivity contribution in [2.75, 3.05) is 0 Å². The fourth-order valence-corrected chi connectivity index (χ4v) is 2.84. The van der Waals surface area contributed by atoms with E-state index in [0.717, 1.165) is 22.1 Å². The lowest BCUT2D eigenvalue weighted by Crippen LogP contribution is -2.17. The number of hydrazone groups is 1. The maximum Gasteiger partial charge on any atom is 0.324 e. The molecular weight excluding hydrogens is 314 g/mol. The lowest BCUT2D eigenvalue weighted by Gasteiger charge is -2.04. The first kappa shape index (κ1) is 14.9. The Kier molecular flexibility index (Phi) is 4.11. The number of nitrogens with zero attached hydrogens (tertiary/aromatic N) is 2. The molecule has 0 fully saturated rings. The average Bonchev–Trinajstić information content (AvgIpc) is 3.03. The molecule has 0 radical (unpaired) electrons. The molecule has 114 valence electrons. The second-order valence-electron chi connectivity index (χ2n) is 4.66. The minimum Gasteiger partial charge on any atom is -0.267 e. The van der Waals surface area contributed by atoms with Gasteiger partial charge in [0.25, 0.3) is 5.91 Å². The van der Waals surface area contributed by atoms with Gasteiger partial charge in [-0.05, 0) is 22.9 Å². The van der Waals surface area contributed by atoms with Crippen molar-refractivity contribution in [2.24, 2.45) is 5.10 Å². The molecule has 0 aliphatic rings. The number of thiophene rings is 1. The molecular formula is C16H11N3O3S. The number of benzene rings is 2. The summed E-state index contributed by atoms with van der Waals surface area (Å²) in [5, 5.41) is 16.3. The molecule has 1 amide bonds. The summed E-state index contributed by atoms with van der Waals surface area (Å²) < 4.78 is 0. The van der Waals surface area contributed by atoms with Crippen molar-refractivity contribution in [3.05, 3.63) is 75.2 Å². The Hall–Kier alpha value is -3.06. The normalized spacial score (nSPS) is 11.0. The Morgan fingerprint density at radius 3 is 2.70 bits per heavy atom. The highest BCUT2D eigenvalue weighted by molar-refractivity contribution is 7.16. The highest BCUT2D eigenvalue weighted by atomic mass is 32.1. The molecule has 7 heteroatoms. The summed E-state index contributed by atoms with van der Waals surface area (Å²) in [4.78, 5) is 23.0. The Labute approximate surface area is 135 Å². The van der Waals surface area contributed by atoms with Gasteiger partial charge in [-0.3, -0.25) is 14.9 Å². The number of amides is 1. The van der Waals surface area contributed by atoms with Gasteiger partial charge in [0.15, 0.2) is 0 Å². The smallest absolute Gasteiger partial charge is 0.267 e. The zero-order chi connectivity index (χ0) is 16.2. The molecule has 0 unspecified atom stereocenters. The maximum atomic E-state index is 12.2. The predicted molar refractivity (Wildman–Crippen MR) is 90.0 cm³/mol. The molecule has 1 heterocycles. The van der Waals surface area contributed by atoms with Crippen LogP contribution in [0.3, 0.4) is 0 Å². The lowest BCUT2D eigenvalue weighted by atomic mass is 10.0. The number of carbonyl (C=O) groups excluding carboxylic acids is 1. The predicted octanol–water partition coefficient (Wildman–Crippen LogP) is 3.57. The van der Waals surface area contributed by atoms with Crippen LogP contribution in [-0.4, -0.2) is 17.0 Å². The van der Waals surface area contributed by atoms with Gasteiger partial charge in [0.05, 0.1) is 16.0 Å². The molecule has 0 atom stereocenters. The van der Waals surface area contributed by atoms with Crippen LogP contribution >= 0.6 is 11.3 Å². The molecule has 3 rings (SSSR count). The molecule has 0 saturated heterocycles. The Morgan fingerprint density at radius 1 is 1.13 bits per heavy atom. The van der Waals surface area contributed by atoms with Crippen molar-refractivity contribution >= 4 is 39.2 Å². The van der Waals surface area contributed by atoms with Crippen LogP contribution in [0.2, 0.25) is 0 Å². The molecule has 0 bridgehead atoms. The summed E-state index contributed by atoms with van der Waals surface area (Å²) in [5.41, 5.74) is 2.97. The first-order valence-corrected chi connectivity index (χ1v) is 7.52. The first-order valence-electron chi connectivity index (χ1n) is 6.70. The number of fused-ring (bicyclic) bond motifs is 1. The summed E-state index contributed by atoms with van der Waals surface area (Å²) in [5.74, 6) is -0.330. The first-order chi connectivity index (χ1) is 11.1. The number of hydrogen-bond donors (Lipinski definition) is 1. The van der Waals surface area contributed by atoms with Gasteiger partial charge >= 0.3 is 5.00 Å². The number of nitro groups is 1. The van der Waals surface area contributed by atoms with Crippen molar-refractivity contribution < 1.29 is 9.72 Å². The summed E-state index contributed by atoms with van der Waals surface area (Å²) in [6.45, 7) is 0. The van der Waals surface area contributed by atoms with Gasteiger partial charge in [0.2, 0.25) is 0 Å². The van der Waals surface area contributed by atoms with Crippen molar-refractivity contribution in [1.29, 1.82) is 0 Å². The van der Waals surface area contributed by atoms with Crippen molar-refractivity contribution in [3.8, 4) is 0 Å². The molecule has 0 aliphatic carbocycles. The van der Waals surface area contributed by atoms with Gasteiger partial charge in [-0.25, -0.2) is 5.43 Å². The molecule has 6 nitrogen and oxygen atoms in total. The highest BCUT2D eigenvalue weighted by Crippen LogP contribution is 2.22. The van der Waals surface area contributed by atoms with E-state index in [1.54, 1.807) is 12.1 Å². The van der Waals surface area contributed by atoms with Crippen LogP contribution in [0.4, 0.5) is 5.00 Å². The Morgan fingerprint density at radius 2 is 1.91 bits per heavy atom. The quantitative estimate of drug-likeness (QED) is 0.452. The standard InChI is InChI=1S/C16H11N3O3S/c20-16(14-7-3-5-11-4-1-2-6-13(11)14)18-17-10-12-8-9-15(23-12)19(21)22/h1-10H,(H,18,20)/b17-10-. The molecule has 23 heavy (non-hydrogen) atoms. The van der Waals surface area contributed by atoms with Crippen LogP contribution in [0.25, 0.3) is 10.8 Å². The molecule has 0 saturated carbocycles. The van der Waals surface area contributed by atoms with E-state index in [9.17, 15) is 14.9 Å². The summed E-state index contributed by atoms with van der Waals surface area (Å²) in [6.07, 6.45) is 1.39. The summed E-state index contributed by atoms with van der Waals surface area (Å²) >= 11 is 0.991. The Bertz CT molecular complexity index is 912. The van der Waals surface area contributed by atoms with Gasteiger partial charge in [0, 0.05) is 11.6 Å². The largest absolute Gasteiger partial charge is 0.324 e. The molecule has 1 N–H and O–H groups in total. The minimum atomic E-state index is -0.462. The van der Waals surface area contributed by atoms with E-state index >= 15 is 0 Å². The van der Waals surface area contributed by atoms with Crippen LogP contribution < -0.4 is 5.43 Å². The fourth-order valence-electron chi connectivity index (χ4n) is 2.15. The van der Waals surface area contributed by atoms with E-state index in [-0.39, 0.29) is 10.9 Å². The molecule has 0 spiro atoms. The lowest BCUT2D eigenvalue weighted by molar-refractivity contribution is -0.380. The average molecular weight is 325 g/mol. The number of hydrogen-bond acceptors (Lipinski definition) is 5. The van der Waals surface area contributed by atoms with Crippen molar-refractivity contribution in [3.63, 3.8) is 0 Å². The van der Waals surface area contributed by atoms with Crippen LogP contribution in [0.1, 0.15) is 15.2 Å². The van der Waals surface area contributed by atoms with Crippen molar-refractivity contribution in [2.45, 2.75) is 0 Å². The topological polar surface area (TPSA) is 84.6 Å². The zero-order valence-corrected chi connectivity index (χ0v) is 12.6. The van der Waals surface area contributed by atoms with Crippen LogP contribution in [0.15, 0.2) is 59.7 Å². The van der Waals surface area contributed by atoms with E-state index in [1.807, 2.05) is 36.4 Å². The third kappa shape index (κ3) is 3.24. The van der Waals surface area contributed by atoms with Crippen LogP contribution in [0.5, 0.6) is 0 Å². The van der Waals surface area contributed by atoms with E-state index in [1.165, 1.54) is 12.3 Å². The number of carbonyl (C=O) groups is 1. The molecule has 3 aromatic rings. The molecule has 1 aromatic heterocycles. The second-order valence-corrected chi connectivity index (χ2v) is 5.75. The Balaban J connectivity index is 1.75. The molecule has 2 aromatic carbocycles. The van der Waals surface area contributed by atoms with Crippen molar-refractivity contribution in [1.82, 2.24) is 5.43 Å². The third-order valence-corrected chi connectivity index (χ3v) is 4.16. The maximum absolute atomic E-state index is 12.2. The monoisotopic (exact) mass is 325 g/mol. The molecule has 0 aliphatic heterocycles. The highest BCUT2D eigenvalue weighted by Gasteiger charge is 2.10. The fraction of sp³-hybridized carbons (Fsp3) is 0. The van der Waals surface area contributed by atoms with Gasteiger partial charge in [0.1, 0.15) is 0 Å². The van der Waals surface area contributed by atoms with E-state index in [2.05, 4.69) is 10.5 Å². The van der Waals surface area contributed by atoms with E-state index in [4.69, 9.17) is 0 Å². The van der Waals surface area contributed by atoms with Gasteiger partial charge < -0.3 is 0 Å². The number of rotatable bonds is 4. The van der Waals surface area contributed by atoms with Gasteiger partial charge in [-0.1, -0.05) is 47.7 Å². The summed E-state index contributed by atoms with van der Waals surface area (Å²) in [6, 6.07) is 16.0. The van der Waals surface area contributed by atoms with Crippen LogP contribution in [-0.2, 0) is 0 Å². The van der Waals surface area contributed by atoms with E-state index < -0.39 is 4.92 Å². The summed E-state index contributed by atoms with van der Waals surface area (Å²) in [7, 11) is 0. The zero-order valence-electron chi connectivity index (χ0n) is 11.8. The minimum absolute atomic E-state index is 0.0341. The van der Waals surface area contributed by atoms with Gasteiger partial charge in [-0.2, -0.15) is 5.10 Å².